The Morgan fingerprint density at radius 1 is 0.921 bits per heavy atom. The Labute approximate surface area is 224 Å². The zero-order valence-electron chi connectivity index (χ0n) is 22.3. The summed E-state index contributed by atoms with van der Waals surface area (Å²) in [5.41, 5.74) is 9.36. The standard InChI is InChI=1S/C27H27N5O3S.C2H6/c1-27(2,3)31-36(34,35)23-11-7-6-10-20(23)17-12-13-22-21(14-17)24(30-26(28)29-22)25(33)32-15-18-8-4-5-9-19(18)16-32;1-2/h4-14,31H,15-16H2,1-3H3,(H2,28,29,30);1-2H3. The third-order valence-corrected chi connectivity index (χ3v) is 7.79. The molecule has 9 heteroatoms. The number of rotatable bonds is 4. The quantitative estimate of drug-likeness (QED) is 0.377. The molecule has 38 heavy (non-hydrogen) atoms. The van der Waals surface area contributed by atoms with Gasteiger partial charge in [0, 0.05) is 29.6 Å². The Hall–Kier alpha value is -3.82. The van der Waals surface area contributed by atoms with Crippen molar-refractivity contribution in [3.63, 3.8) is 0 Å². The van der Waals surface area contributed by atoms with Gasteiger partial charge in [-0.2, -0.15) is 0 Å². The number of carbonyl (C=O) groups is 1. The molecule has 3 aromatic carbocycles. The lowest BCUT2D eigenvalue weighted by molar-refractivity contribution is 0.0747. The fraction of sp³-hybridized carbons (Fsp3) is 0.276. The molecule has 1 amide bonds. The predicted molar refractivity (Wildman–Crippen MR) is 151 cm³/mol. The molecule has 0 bridgehead atoms. The van der Waals surface area contributed by atoms with Crippen LogP contribution in [0.25, 0.3) is 22.0 Å². The summed E-state index contributed by atoms with van der Waals surface area (Å²) >= 11 is 0. The molecule has 1 aliphatic heterocycles. The lowest BCUT2D eigenvalue weighted by Gasteiger charge is -2.22. The van der Waals surface area contributed by atoms with Crippen LogP contribution in [0, 0.1) is 0 Å². The molecular weight excluding hydrogens is 498 g/mol. The summed E-state index contributed by atoms with van der Waals surface area (Å²) in [4.78, 5) is 24.1. The molecule has 0 radical (unpaired) electrons. The van der Waals surface area contributed by atoms with E-state index in [0.29, 0.717) is 35.1 Å². The van der Waals surface area contributed by atoms with E-state index in [2.05, 4.69) is 14.7 Å². The summed E-state index contributed by atoms with van der Waals surface area (Å²) in [5, 5.41) is 0.513. The van der Waals surface area contributed by atoms with Gasteiger partial charge >= 0.3 is 0 Å². The van der Waals surface area contributed by atoms with Gasteiger partial charge in [-0.15, -0.1) is 0 Å². The minimum absolute atomic E-state index is 0.00710. The van der Waals surface area contributed by atoms with E-state index in [0.717, 1.165) is 11.1 Å². The normalized spacial score (nSPS) is 13.1. The largest absolute Gasteiger partial charge is 0.368 e. The Morgan fingerprint density at radius 2 is 1.53 bits per heavy atom. The summed E-state index contributed by atoms with van der Waals surface area (Å²) in [6, 6.07) is 20.0. The van der Waals surface area contributed by atoms with Gasteiger partial charge in [0.25, 0.3) is 5.91 Å². The van der Waals surface area contributed by atoms with Crippen LogP contribution >= 0.6 is 0 Å². The number of hydrogen-bond donors (Lipinski definition) is 2. The minimum Gasteiger partial charge on any atom is -0.368 e. The lowest BCUT2D eigenvalue weighted by atomic mass is 10.0. The summed E-state index contributed by atoms with van der Waals surface area (Å²) in [6.07, 6.45) is 0. The molecule has 1 aliphatic rings. The van der Waals surface area contributed by atoms with Crippen molar-refractivity contribution in [2.24, 2.45) is 0 Å². The average molecular weight is 532 g/mol. The summed E-state index contributed by atoms with van der Waals surface area (Å²) in [6.45, 7) is 10.3. The number of aromatic nitrogens is 2. The van der Waals surface area contributed by atoms with Gasteiger partial charge in [0.15, 0.2) is 0 Å². The second-order valence-corrected chi connectivity index (χ2v) is 11.6. The van der Waals surface area contributed by atoms with Gasteiger partial charge in [-0.1, -0.05) is 62.4 Å². The first-order valence-corrected chi connectivity index (χ1v) is 14.1. The van der Waals surface area contributed by atoms with Crippen molar-refractivity contribution in [2.45, 2.75) is 58.1 Å². The van der Waals surface area contributed by atoms with Gasteiger partial charge in [-0.25, -0.2) is 23.1 Å². The summed E-state index contributed by atoms with van der Waals surface area (Å²) in [7, 11) is -3.80. The highest BCUT2D eigenvalue weighted by Gasteiger charge is 2.28. The fourth-order valence-corrected chi connectivity index (χ4v) is 6.15. The van der Waals surface area contributed by atoms with Crippen LogP contribution in [0.2, 0.25) is 0 Å². The molecule has 198 valence electrons. The molecule has 0 fully saturated rings. The van der Waals surface area contributed by atoms with Crippen LogP contribution in [0.5, 0.6) is 0 Å². The number of nitrogens with zero attached hydrogens (tertiary/aromatic N) is 3. The SMILES string of the molecule is CC.CC(C)(C)NS(=O)(=O)c1ccccc1-c1ccc2nc(N)nc(C(=O)N3Cc4ccccc4C3)c2c1. The van der Waals surface area contributed by atoms with Crippen LogP contribution in [-0.2, 0) is 23.1 Å². The summed E-state index contributed by atoms with van der Waals surface area (Å²) < 4.78 is 29.1. The second-order valence-electron chi connectivity index (χ2n) is 9.94. The van der Waals surface area contributed by atoms with E-state index in [-0.39, 0.29) is 22.4 Å². The van der Waals surface area contributed by atoms with Gasteiger partial charge < -0.3 is 10.6 Å². The Balaban J connectivity index is 0.00000164. The minimum atomic E-state index is -3.80. The van der Waals surface area contributed by atoms with Gasteiger partial charge in [0.1, 0.15) is 5.69 Å². The number of sulfonamides is 1. The molecular formula is C29H33N5O3S. The van der Waals surface area contributed by atoms with Crippen molar-refractivity contribution in [2.75, 3.05) is 5.73 Å². The summed E-state index contributed by atoms with van der Waals surface area (Å²) in [5.74, 6) is -0.245. The number of fused-ring (bicyclic) bond motifs is 2. The maximum atomic E-state index is 13.6. The predicted octanol–water partition coefficient (Wildman–Crippen LogP) is 5.14. The van der Waals surface area contributed by atoms with Crippen molar-refractivity contribution in [1.82, 2.24) is 19.6 Å². The van der Waals surface area contributed by atoms with Gasteiger partial charge in [0.2, 0.25) is 16.0 Å². The highest BCUT2D eigenvalue weighted by molar-refractivity contribution is 7.89. The molecule has 0 atom stereocenters. The Morgan fingerprint density at radius 3 is 2.16 bits per heavy atom. The Bertz CT molecular complexity index is 1590. The van der Waals surface area contributed by atoms with E-state index >= 15 is 0 Å². The van der Waals surface area contributed by atoms with E-state index < -0.39 is 15.6 Å². The molecule has 0 unspecified atom stereocenters. The van der Waals surface area contributed by atoms with Crippen molar-refractivity contribution >= 4 is 32.8 Å². The van der Waals surface area contributed by atoms with Crippen molar-refractivity contribution in [1.29, 1.82) is 0 Å². The molecule has 2 heterocycles. The monoisotopic (exact) mass is 531 g/mol. The fourth-order valence-electron chi connectivity index (χ4n) is 4.50. The average Bonchev–Trinajstić information content (AvgIpc) is 3.32. The first-order chi connectivity index (χ1) is 18.0. The van der Waals surface area contributed by atoms with E-state index in [1.165, 1.54) is 0 Å². The van der Waals surface area contributed by atoms with Crippen LogP contribution in [0.1, 0.15) is 56.2 Å². The van der Waals surface area contributed by atoms with Crippen LogP contribution in [0.4, 0.5) is 5.95 Å². The molecule has 3 N–H and O–H groups in total. The number of nitrogen functional groups attached to an aromatic ring is 1. The van der Waals surface area contributed by atoms with E-state index in [4.69, 9.17) is 5.73 Å². The second kappa shape index (κ2) is 10.5. The number of nitrogens with two attached hydrogens (primary N) is 1. The molecule has 8 nitrogen and oxygen atoms in total. The van der Waals surface area contributed by atoms with Crippen molar-refractivity contribution in [3.05, 3.63) is 83.6 Å². The maximum absolute atomic E-state index is 13.6. The van der Waals surface area contributed by atoms with Gasteiger partial charge in [0.05, 0.1) is 10.4 Å². The third kappa shape index (κ3) is 5.54. The maximum Gasteiger partial charge on any atom is 0.273 e. The smallest absolute Gasteiger partial charge is 0.273 e. The van der Waals surface area contributed by atoms with Crippen LogP contribution in [0.15, 0.2) is 71.6 Å². The molecule has 5 rings (SSSR count). The van der Waals surface area contributed by atoms with Crippen molar-refractivity contribution in [3.8, 4) is 11.1 Å². The highest BCUT2D eigenvalue weighted by Crippen LogP contribution is 2.32. The zero-order chi connectivity index (χ0) is 27.7. The number of anilines is 1. The number of amides is 1. The van der Waals surface area contributed by atoms with Crippen molar-refractivity contribution < 1.29 is 13.2 Å². The van der Waals surface area contributed by atoms with Gasteiger partial charge in [-0.3, -0.25) is 4.79 Å². The third-order valence-electron chi connectivity index (χ3n) is 5.97. The molecule has 1 aromatic heterocycles. The lowest BCUT2D eigenvalue weighted by Crippen LogP contribution is -2.40. The topological polar surface area (TPSA) is 118 Å². The molecule has 0 aliphatic carbocycles. The first kappa shape index (κ1) is 27.2. The molecule has 0 saturated carbocycles. The number of benzene rings is 3. The number of carbonyl (C=O) groups excluding carboxylic acids is 1. The van der Waals surface area contributed by atoms with Crippen LogP contribution < -0.4 is 10.5 Å². The zero-order valence-corrected chi connectivity index (χ0v) is 23.1. The van der Waals surface area contributed by atoms with E-state index in [9.17, 15) is 13.2 Å². The molecule has 0 saturated heterocycles. The van der Waals surface area contributed by atoms with E-state index in [1.54, 1.807) is 68.1 Å². The number of nitrogens with one attached hydrogen (secondary N) is 1. The number of hydrogen-bond acceptors (Lipinski definition) is 6. The Kier molecular flexibility index (Phi) is 7.53. The highest BCUT2D eigenvalue weighted by atomic mass is 32.2. The van der Waals surface area contributed by atoms with Crippen LogP contribution in [-0.4, -0.2) is 34.7 Å². The van der Waals surface area contributed by atoms with Gasteiger partial charge in [-0.05, 0) is 55.7 Å². The van der Waals surface area contributed by atoms with Crippen LogP contribution in [0.3, 0.4) is 0 Å². The molecule has 4 aromatic rings. The van der Waals surface area contributed by atoms with E-state index in [1.807, 2.05) is 38.1 Å². The molecule has 0 spiro atoms. The first-order valence-electron chi connectivity index (χ1n) is 12.6.